The Bertz CT molecular complexity index is 798. The van der Waals surface area contributed by atoms with Gasteiger partial charge < -0.3 is 19.7 Å². The normalized spacial score (nSPS) is 48.5. The molecule has 6 rings (SSSR count). The number of carbonyl (C=O) groups excluding carboxylic acids is 4. The summed E-state index contributed by atoms with van der Waals surface area (Å²) in [5, 5.41) is 23.0. The maximum absolute atomic E-state index is 11.5. The minimum Gasteiger partial charge on any atom is -0.393 e. The molecule has 0 aromatic rings. The highest BCUT2D eigenvalue weighted by molar-refractivity contribution is 6.07. The molecule has 0 aromatic heterocycles. The molecular formula is C18H18N2O8. The van der Waals surface area contributed by atoms with Gasteiger partial charge in [0.25, 0.3) is 0 Å². The zero-order chi connectivity index (χ0) is 19.8. The number of amides is 4. The van der Waals surface area contributed by atoms with Gasteiger partial charge in [0.05, 0.1) is 49.1 Å². The van der Waals surface area contributed by atoms with Gasteiger partial charge >= 0.3 is 0 Å². The highest BCUT2D eigenvalue weighted by Crippen LogP contribution is 2.50. The van der Waals surface area contributed by atoms with Crippen molar-refractivity contribution in [3.63, 3.8) is 0 Å². The lowest BCUT2D eigenvalue weighted by molar-refractivity contribution is -0.133. The van der Waals surface area contributed by atoms with E-state index in [0.717, 1.165) is 0 Å². The minimum absolute atomic E-state index is 0.262. The lowest BCUT2D eigenvalue weighted by atomic mass is 9.77. The van der Waals surface area contributed by atoms with Crippen LogP contribution in [0.1, 0.15) is 0 Å². The van der Waals surface area contributed by atoms with Crippen LogP contribution in [0.4, 0.5) is 0 Å². The van der Waals surface area contributed by atoms with E-state index in [2.05, 4.69) is 10.6 Å². The molecule has 0 saturated carbocycles. The molecule has 0 aliphatic carbocycles. The van der Waals surface area contributed by atoms with Crippen LogP contribution in [-0.4, -0.2) is 70.5 Å². The van der Waals surface area contributed by atoms with Crippen LogP contribution in [0.25, 0.3) is 0 Å². The van der Waals surface area contributed by atoms with Gasteiger partial charge in [0.2, 0.25) is 23.6 Å². The van der Waals surface area contributed by atoms with E-state index in [0.29, 0.717) is 0 Å². The third-order valence-corrected chi connectivity index (χ3v) is 6.48. The number of aliphatic hydroxyl groups excluding tert-OH is 2. The van der Waals surface area contributed by atoms with Gasteiger partial charge in [-0.2, -0.15) is 0 Å². The van der Waals surface area contributed by atoms with E-state index in [1.807, 2.05) is 0 Å². The number of carbonyl (C=O) groups is 4. The SMILES string of the molecule is O=C1NC(=O)[C@H]2[C@@H]1[C@@H]1C=C[C@@]2(CO)O1.O=C1NC(=O)[C@H]2[C@@H]1[C@@H]1C=C[C@@]2(CO)O1. The first-order valence-electron chi connectivity index (χ1n) is 9.01. The summed E-state index contributed by atoms with van der Waals surface area (Å²) in [6, 6.07) is 0. The Morgan fingerprint density at radius 2 is 1.14 bits per heavy atom. The van der Waals surface area contributed by atoms with Crippen molar-refractivity contribution in [1.82, 2.24) is 10.6 Å². The van der Waals surface area contributed by atoms with Crippen LogP contribution in [0.15, 0.2) is 24.3 Å². The molecule has 148 valence electrons. The molecule has 4 amide bonds. The first-order valence-corrected chi connectivity index (χ1v) is 9.01. The molecule has 10 nitrogen and oxygen atoms in total. The molecule has 4 N–H and O–H groups in total. The second-order valence-corrected chi connectivity index (χ2v) is 7.82. The average molecular weight is 390 g/mol. The summed E-state index contributed by atoms with van der Waals surface area (Å²) in [6.45, 7) is -0.524. The number of hydrogen-bond acceptors (Lipinski definition) is 8. The summed E-state index contributed by atoms with van der Waals surface area (Å²) in [5.74, 6) is -3.22. The van der Waals surface area contributed by atoms with Crippen molar-refractivity contribution >= 4 is 23.6 Å². The van der Waals surface area contributed by atoms with Gasteiger partial charge in [-0.25, -0.2) is 0 Å². The van der Waals surface area contributed by atoms with Crippen molar-refractivity contribution in [2.75, 3.05) is 13.2 Å². The number of ether oxygens (including phenoxy) is 2. The van der Waals surface area contributed by atoms with Crippen molar-refractivity contribution in [2.45, 2.75) is 23.4 Å². The highest BCUT2D eigenvalue weighted by atomic mass is 16.5. The van der Waals surface area contributed by atoms with Gasteiger partial charge in [-0.05, 0) is 0 Å². The van der Waals surface area contributed by atoms with Crippen molar-refractivity contribution in [2.24, 2.45) is 23.7 Å². The van der Waals surface area contributed by atoms with Gasteiger partial charge in [0, 0.05) is 0 Å². The third-order valence-electron chi connectivity index (χ3n) is 6.48. The van der Waals surface area contributed by atoms with Crippen LogP contribution in [0.5, 0.6) is 0 Å². The van der Waals surface area contributed by atoms with Gasteiger partial charge in [0.15, 0.2) is 0 Å². The monoisotopic (exact) mass is 390 g/mol. The van der Waals surface area contributed by atoms with E-state index in [-0.39, 0.29) is 49.1 Å². The zero-order valence-electron chi connectivity index (χ0n) is 14.5. The van der Waals surface area contributed by atoms with E-state index < -0.39 is 34.9 Å². The summed E-state index contributed by atoms with van der Waals surface area (Å²) in [6.07, 6.45) is 6.18. The van der Waals surface area contributed by atoms with Gasteiger partial charge in [-0.15, -0.1) is 0 Å². The van der Waals surface area contributed by atoms with Crippen LogP contribution in [0.3, 0.4) is 0 Å². The van der Waals surface area contributed by atoms with Crippen LogP contribution < -0.4 is 10.6 Å². The average Bonchev–Trinajstić information content (AvgIpc) is 3.48. The maximum atomic E-state index is 11.5. The van der Waals surface area contributed by atoms with Crippen molar-refractivity contribution in [3.05, 3.63) is 24.3 Å². The molecule has 4 fully saturated rings. The van der Waals surface area contributed by atoms with E-state index in [1.165, 1.54) is 0 Å². The molecule has 0 radical (unpaired) electrons. The number of rotatable bonds is 2. The van der Waals surface area contributed by atoms with Crippen LogP contribution in [0, 0.1) is 23.7 Å². The first kappa shape index (κ1) is 17.7. The topological polar surface area (TPSA) is 151 Å². The predicted molar refractivity (Wildman–Crippen MR) is 87.9 cm³/mol. The van der Waals surface area contributed by atoms with Gasteiger partial charge in [-0.3, -0.25) is 29.8 Å². The standard InChI is InChI=1S/2C9H9NO4/c2*11-3-9-2-1-4(14-9)5-6(9)8(13)10-7(5)12/h2*1-2,4-6,11H,3H2,(H,10,12,13)/t2*4-,5-,6+,9-/m00/s1. The van der Waals surface area contributed by atoms with E-state index >= 15 is 0 Å². The smallest absolute Gasteiger partial charge is 0.233 e. The fourth-order valence-corrected chi connectivity index (χ4v) is 5.22. The summed E-state index contributed by atoms with van der Waals surface area (Å²) in [7, 11) is 0. The molecule has 10 heteroatoms. The Labute approximate surface area is 158 Å². The van der Waals surface area contributed by atoms with E-state index in [9.17, 15) is 29.4 Å². The molecular weight excluding hydrogens is 372 g/mol. The zero-order valence-corrected chi connectivity index (χ0v) is 14.5. The van der Waals surface area contributed by atoms with E-state index in [4.69, 9.17) is 9.47 Å². The molecule has 0 unspecified atom stereocenters. The molecule has 6 aliphatic heterocycles. The van der Waals surface area contributed by atoms with E-state index in [1.54, 1.807) is 24.3 Å². The fraction of sp³-hybridized carbons (Fsp3) is 0.556. The molecule has 0 spiro atoms. The van der Waals surface area contributed by atoms with Crippen LogP contribution in [-0.2, 0) is 28.7 Å². The number of imide groups is 2. The molecule has 0 aromatic carbocycles. The summed E-state index contributed by atoms with van der Waals surface area (Å²) >= 11 is 0. The van der Waals surface area contributed by atoms with Gasteiger partial charge in [0.1, 0.15) is 11.2 Å². The highest BCUT2D eigenvalue weighted by Gasteiger charge is 2.66. The summed E-state index contributed by atoms with van der Waals surface area (Å²) < 4.78 is 10.9. The third kappa shape index (κ3) is 2.00. The minimum atomic E-state index is -0.953. The molecule has 6 aliphatic rings. The molecule has 4 bridgehead atoms. The Morgan fingerprint density at radius 1 is 0.750 bits per heavy atom. The molecule has 8 atom stereocenters. The van der Waals surface area contributed by atoms with Crippen molar-refractivity contribution < 1.29 is 38.9 Å². The van der Waals surface area contributed by atoms with Gasteiger partial charge in [-0.1, -0.05) is 24.3 Å². The maximum Gasteiger partial charge on any atom is 0.233 e. The predicted octanol–water partition coefficient (Wildman–Crippen LogP) is -2.85. The summed E-state index contributed by atoms with van der Waals surface area (Å²) in [4.78, 5) is 45.7. The quantitative estimate of drug-likeness (QED) is 0.291. The lowest BCUT2D eigenvalue weighted by Crippen LogP contribution is -2.42. The number of aliphatic hydroxyl groups is 2. The Hall–Kier alpha value is -2.40. The number of hydrogen-bond donors (Lipinski definition) is 4. The molecule has 6 heterocycles. The second kappa shape index (κ2) is 5.57. The van der Waals surface area contributed by atoms with Crippen molar-refractivity contribution in [3.8, 4) is 0 Å². The molecule has 4 saturated heterocycles. The largest absolute Gasteiger partial charge is 0.393 e. The second-order valence-electron chi connectivity index (χ2n) is 7.82. The fourth-order valence-electron chi connectivity index (χ4n) is 5.22. The van der Waals surface area contributed by atoms with Crippen LogP contribution >= 0.6 is 0 Å². The molecule has 28 heavy (non-hydrogen) atoms. The van der Waals surface area contributed by atoms with Crippen molar-refractivity contribution in [1.29, 1.82) is 0 Å². The Kier molecular flexibility index (Phi) is 3.52. The first-order chi connectivity index (χ1) is 13.4. The Morgan fingerprint density at radius 3 is 1.50 bits per heavy atom. The lowest BCUT2D eigenvalue weighted by Gasteiger charge is -2.24. The summed E-state index contributed by atoms with van der Waals surface area (Å²) in [5.41, 5.74) is -1.91. The van der Waals surface area contributed by atoms with Crippen LogP contribution in [0.2, 0.25) is 0 Å². The number of fused-ring (bicyclic) bond motifs is 10. The Balaban J connectivity index is 0.000000122. The number of nitrogens with one attached hydrogen (secondary N) is 2.